The molecule has 1 aromatic rings. The third-order valence-corrected chi connectivity index (χ3v) is 4.13. The monoisotopic (exact) mass is 522 g/mol. The van der Waals surface area contributed by atoms with Crippen molar-refractivity contribution in [3.8, 4) is 11.5 Å². The fourth-order valence-corrected chi connectivity index (χ4v) is 2.61. The fraction of sp³-hybridized carbons (Fsp3) is 0.667. The molecule has 0 aliphatic rings. The van der Waals surface area contributed by atoms with Gasteiger partial charge in [-0.2, -0.15) is 0 Å². The molecule has 0 bridgehead atoms. The normalized spacial score (nSPS) is 11.2. The highest BCUT2D eigenvalue weighted by molar-refractivity contribution is 14.0. The van der Waals surface area contributed by atoms with E-state index in [1.165, 1.54) is 0 Å². The van der Waals surface area contributed by atoms with Gasteiger partial charge in [-0.25, -0.2) is 4.99 Å². The van der Waals surface area contributed by atoms with Gasteiger partial charge in [-0.3, -0.25) is 0 Å². The third-order valence-electron chi connectivity index (χ3n) is 4.13. The Morgan fingerprint density at radius 2 is 1.86 bits per heavy atom. The summed E-state index contributed by atoms with van der Waals surface area (Å²) < 4.78 is 16.3. The summed E-state index contributed by atoms with van der Waals surface area (Å²) in [7, 11) is 5.52. The Morgan fingerprint density at radius 3 is 2.52 bits per heavy atom. The SMILES string of the molecule is CCCOc1ccc(CN=C(NCC)NCCN(C)CCCOC)cc1OC.I. The van der Waals surface area contributed by atoms with Crippen LogP contribution in [-0.4, -0.2) is 71.5 Å². The molecule has 0 heterocycles. The minimum Gasteiger partial charge on any atom is -0.493 e. The lowest BCUT2D eigenvalue weighted by Gasteiger charge is -2.18. The third kappa shape index (κ3) is 12.1. The zero-order chi connectivity index (χ0) is 20.6. The summed E-state index contributed by atoms with van der Waals surface area (Å²) >= 11 is 0. The van der Waals surface area contributed by atoms with Crippen LogP contribution >= 0.6 is 24.0 Å². The van der Waals surface area contributed by atoms with Crippen LogP contribution < -0.4 is 20.1 Å². The Labute approximate surface area is 193 Å². The molecule has 168 valence electrons. The lowest BCUT2D eigenvalue weighted by molar-refractivity contribution is 0.180. The smallest absolute Gasteiger partial charge is 0.191 e. The second-order valence-electron chi connectivity index (χ2n) is 6.61. The van der Waals surface area contributed by atoms with Crippen molar-refractivity contribution in [2.75, 3.05) is 60.7 Å². The Morgan fingerprint density at radius 1 is 1.07 bits per heavy atom. The molecule has 0 aromatic heterocycles. The van der Waals surface area contributed by atoms with Crippen LogP contribution in [0, 0.1) is 0 Å². The number of ether oxygens (including phenoxy) is 3. The van der Waals surface area contributed by atoms with Crippen molar-refractivity contribution in [3.63, 3.8) is 0 Å². The van der Waals surface area contributed by atoms with E-state index in [1.54, 1.807) is 14.2 Å². The first-order valence-corrected chi connectivity index (χ1v) is 10.1. The molecule has 2 N–H and O–H groups in total. The molecule has 29 heavy (non-hydrogen) atoms. The van der Waals surface area contributed by atoms with E-state index in [2.05, 4.69) is 41.4 Å². The highest BCUT2D eigenvalue weighted by atomic mass is 127. The van der Waals surface area contributed by atoms with E-state index in [9.17, 15) is 0 Å². The number of nitrogens with zero attached hydrogens (tertiary/aromatic N) is 2. The summed E-state index contributed by atoms with van der Waals surface area (Å²) in [5, 5.41) is 6.68. The van der Waals surface area contributed by atoms with E-state index in [4.69, 9.17) is 14.2 Å². The number of hydrogen-bond donors (Lipinski definition) is 2. The Hall–Kier alpha value is -1.26. The fourth-order valence-electron chi connectivity index (χ4n) is 2.61. The van der Waals surface area contributed by atoms with Crippen LogP contribution in [0.4, 0.5) is 0 Å². The van der Waals surface area contributed by atoms with E-state index < -0.39 is 0 Å². The molecule has 0 saturated carbocycles. The van der Waals surface area contributed by atoms with Gasteiger partial charge in [-0.05, 0) is 44.5 Å². The minimum atomic E-state index is 0. The number of likely N-dealkylation sites (N-methyl/N-ethyl adjacent to an activating group) is 1. The molecular weight excluding hydrogens is 483 g/mol. The standard InChI is InChI=1S/C21H38N4O3.HI/c1-6-14-28-19-10-9-18(16-20(19)27-5)17-24-21(22-7-2)23-11-13-25(3)12-8-15-26-4;/h9-10,16H,6-8,11-15,17H2,1-5H3,(H2,22,23,24);1H. The summed E-state index contributed by atoms with van der Waals surface area (Å²) in [6, 6.07) is 5.97. The van der Waals surface area contributed by atoms with Crippen molar-refractivity contribution in [3.05, 3.63) is 23.8 Å². The van der Waals surface area contributed by atoms with Crippen LogP contribution in [0.25, 0.3) is 0 Å². The van der Waals surface area contributed by atoms with Gasteiger partial charge >= 0.3 is 0 Å². The number of halogens is 1. The molecule has 0 spiro atoms. The maximum atomic E-state index is 5.71. The lowest BCUT2D eigenvalue weighted by atomic mass is 10.2. The van der Waals surface area contributed by atoms with Crippen LogP contribution in [0.3, 0.4) is 0 Å². The van der Waals surface area contributed by atoms with Gasteiger partial charge in [0.25, 0.3) is 0 Å². The van der Waals surface area contributed by atoms with E-state index in [-0.39, 0.29) is 24.0 Å². The number of benzene rings is 1. The molecule has 0 radical (unpaired) electrons. The molecule has 1 aromatic carbocycles. The Bertz CT molecular complexity index is 573. The average Bonchev–Trinajstić information content (AvgIpc) is 2.70. The first kappa shape index (κ1) is 27.7. The van der Waals surface area contributed by atoms with Gasteiger partial charge in [0.15, 0.2) is 17.5 Å². The highest BCUT2D eigenvalue weighted by Crippen LogP contribution is 2.28. The summed E-state index contributed by atoms with van der Waals surface area (Å²) in [6.07, 6.45) is 2.01. The van der Waals surface area contributed by atoms with Crippen molar-refractivity contribution in [2.24, 2.45) is 4.99 Å². The molecule has 0 aliphatic carbocycles. The van der Waals surface area contributed by atoms with Gasteiger partial charge in [0.2, 0.25) is 0 Å². The van der Waals surface area contributed by atoms with Crippen molar-refractivity contribution in [2.45, 2.75) is 33.2 Å². The van der Waals surface area contributed by atoms with Crippen molar-refractivity contribution in [1.29, 1.82) is 0 Å². The lowest BCUT2D eigenvalue weighted by Crippen LogP contribution is -2.41. The molecule has 0 atom stereocenters. The van der Waals surface area contributed by atoms with Crippen molar-refractivity contribution in [1.82, 2.24) is 15.5 Å². The molecular formula is C21H39IN4O3. The molecule has 8 heteroatoms. The second kappa shape index (κ2) is 17.6. The van der Waals surface area contributed by atoms with E-state index in [0.717, 1.165) is 68.6 Å². The summed E-state index contributed by atoms with van der Waals surface area (Å²) in [4.78, 5) is 6.97. The van der Waals surface area contributed by atoms with Gasteiger partial charge in [0.05, 0.1) is 20.3 Å². The number of rotatable bonds is 14. The van der Waals surface area contributed by atoms with Gasteiger partial charge in [-0.1, -0.05) is 13.0 Å². The Balaban J connectivity index is 0.00000784. The molecule has 0 aliphatic heterocycles. The number of guanidine groups is 1. The summed E-state index contributed by atoms with van der Waals surface area (Å²) in [5.41, 5.74) is 1.08. The maximum absolute atomic E-state index is 5.71. The zero-order valence-corrected chi connectivity index (χ0v) is 21.0. The molecule has 0 fully saturated rings. The van der Waals surface area contributed by atoms with E-state index in [0.29, 0.717) is 13.2 Å². The predicted molar refractivity (Wildman–Crippen MR) is 131 cm³/mol. The topological polar surface area (TPSA) is 67.4 Å². The minimum absolute atomic E-state index is 0. The number of hydrogen-bond acceptors (Lipinski definition) is 5. The first-order valence-electron chi connectivity index (χ1n) is 10.1. The predicted octanol–water partition coefficient (Wildman–Crippen LogP) is 3.13. The van der Waals surface area contributed by atoms with Crippen molar-refractivity contribution < 1.29 is 14.2 Å². The molecule has 1 rings (SSSR count). The maximum Gasteiger partial charge on any atom is 0.191 e. The highest BCUT2D eigenvalue weighted by Gasteiger charge is 2.06. The number of aliphatic imine (C=N–C) groups is 1. The quantitative estimate of drug-likeness (QED) is 0.170. The van der Waals surface area contributed by atoms with Gasteiger partial charge in [0.1, 0.15) is 0 Å². The van der Waals surface area contributed by atoms with E-state index >= 15 is 0 Å². The largest absolute Gasteiger partial charge is 0.493 e. The molecule has 0 saturated heterocycles. The van der Waals surface area contributed by atoms with Crippen molar-refractivity contribution >= 4 is 29.9 Å². The molecule has 0 unspecified atom stereocenters. The summed E-state index contributed by atoms with van der Waals surface area (Å²) in [6.45, 7) is 9.84. The zero-order valence-electron chi connectivity index (χ0n) is 18.6. The number of methoxy groups -OCH3 is 2. The first-order chi connectivity index (χ1) is 13.6. The second-order valence-corrected chi connectivity index (χ2v) is 6.61. The van der Waals surface area contributed by atoms with Crippen LogP contribution in [-0.2, 0) is 11.3 Å². The van der Waals surface area contributed by atoms with Gasteiger partial charge in [-0.15, -0.1) is 24.0 Å². The molecule has 7 nitrogen and oxygen atoms in total. The van der Waals surface area contributed by atoms with E-state index in [1.807, 2.05) is 18.2 Å². The summed E-state index contributed by atoms with van der Waals surface area (Å²) in [5.74, 6) is 2.34. The van der Waals surface area contributed by atoms with Gasteiger partial charge in [0, 0.05) is 39.9 Å². The van der Waals surface area contributed by atoms with Crippen LogP contribution in [0.1, 0.15) is 32.3 Å². The van der Waals surface area contributed by atoms with Crippen LogP contribution in [0.15, 0.2) is 23.2 Å². The molecule has 0 amide bonds. The van der Waals surface area contributed by atoms with Crippen LogP contribution in [0.5, 0.6) is 11.5 Å². The van der Waals surface area contributed by atoms with Crippen LogP contribution in [0.2, 0.25) is 0 Å². The van der Waals surface area contributed by atoms with Gasteiger partial charge < -0.3 is 29.7 Å². The number of nitrogens with one attached hydrogen (secondary N) is 2. The average molecular weight is 522 g/mol. The Kier molecular flexibility index (Phi) is 16.8.